The van der Waals surface area contributed by atoms with E-state index in [1.54, 1.807) is 0 Å². The molecule has 0 radical (unpaired) electrons. The van der Waals surface area contributed by atoms with Gasteiger partial charge in [0.1, 0.15) is 5.69 Å². The van der Waals surface area contributed by atoms with Crippen LogP contribution >= 0.6 is 0 Å². The average molecular weight is 377 g/mol. The lowest BCUT2D eigenvalue weighted by atomic mass is 9.90. The molecule has 3 heterocycles. The Morgan fingerprint density at radius 2 is 1.89 bits per heavy atom. The molecule has 1 saturated heterocycles. The summed E-state index contributed by atoms with van der Waals surface area (Å²) in [6.45, 7) is 6.02. The van der Waals surface area contributed by atoms with Gasteiger partial charge in [-0.1, -0.05) is 30.3 Å². The fraction of sp³-hybridized carbons (Fsp3) is 0.391. The summed E-state index contributed by atoms with van der Waals surface area (Å²) in [5.41, 5.74) is 3.50. The van der Waals surface area contributed by atoms with Crippen LogP contribution in [-0.4, -0.2) is 39.9 Å². The van der Waals surface area contributed by atoms with Gasteiger partial charge in [0.25, 0.3) is 5.91 Å². The van der Waals surface area contributed by atoms with Gasteiger partial charge >= 0.3 is 0 Å². The predicted octanol–water partition coefficient (Wildman–Crippen LogP) is 4.14. The molecule has 0 unspecified atom stereocenters. The van der Waals surface area contributed by atoms with Crippen LogP contribution in [0.2, 0.25) is 0 Å². The molecule has 1 aromatic carbocycles. The van der Waals surface area contributed by atoms with Crippen LogP contribution in [0.15, 0.2) is 48.7 Å². The van der Waals surface area contributed by atoms with Crippen LogP contribution < -0.4 is 4.74 Å². The monoisotopic (exact) mass is 377 g/mol. The van der Waals surface area contributed by atoms with E-state index in [0.29, 0.717) is 29.6 Å². The smallest absolute Gasteiger partial charge is 0.272 e. The number of rotatable bonds is 5. The lowest BCUT2D eigenvalue weighted by Gasteiger charge is -2.32. The molecule has 0 N–H and O–H groups in total. The van der Waals surface area contributed by atoms with Crippen LogP contribution in [0.3, 0.4) is 0 Å². The van der Waals surface area contributed by atoms with Gasteiger partial charge in [0.2, 0.25) is 0 Å². The van der Waals surface area contributed by atoms with Crippen LogP contribution in [0.1, 0.15) is 41.5 Å². The first-order valence-corrected chi connectivity index (χ1v) is 10.1. The molecule has 0 atom stereocenters. The highest BCUT2D eigenvalue weighted by Crippen LogP contribution is 2.26. The summed E-state index contributed by atoms with van der Waals surface area (Å²) in [5.74, 6) is 1.42. The second-order valence-electron chi connectivity index (χ2n) is 7.47. The summed E-state index contributed by atoms with van der Waals surface area (Å²) in [6, 6.07) is 14.4. The van der Waals surface area contributed by atoms with Gasteiger partial charge in [-0.15, -0.1) is 0 Å². The van der Waals surface area contributed by atoms with Crippen molar-refractivity contribution in [3.63, 3.8) is 0 Å². The molecule has 28 heavy (non-hydrogen) atoms. The second kappa shape index (κ2) is 8.05. The highest BCUT2D eigenvalue weighted by molar-refractivity contribution is 5.95. The Labute approximate surface area is 166 Å². The van der Waals surface area contributed by atoms with Crippen molar-refractivity contribution in [2.45, 2.75) is 33.1 Å². The Bertz CT molecular complexity index is 957. The van der Waals surface area contributed by atoms with E-state index in [2.05, 4.69) is 35.3 Å². The molecule has 0 saturated carbocycles. The zero-order valence-corrected chi connectivity index (χ0v) is 16.6. The number of aryl methyl sites for hydroxylation is 1. The van der Waals surface area contributed by atoms with Crippen molar-refractivity contribution < 1.29 is 9.53 Å². The number of piperidine rings is 1. The quantitative estimate of drug-likeness (QED) is 0.671. The minimum absolute atomic E-state index is 0.0665. The number of imidazole rings is 1. The maximum Gasteiger partial charge on any atom is 0.272 e. The normalized spacial score (nSPS) is 15.1. The lowest BCUT2D eigenvalue weighted by molar-refractivity contribution is 0.0682. The van der Waals surface area contributed by atoms with Crippen molar-refractivity contribution in [1.29, 1.82) is 0 Å². The van der Waals surface area contributed by atoms with Gasteiger partial charge in [0.15, 0.2) is 11.4 Å². The van der Waals surface area contributed by atoms with Gasteiger partial charge in [-0.25, -0.2) is 4.98 Å². The van der Waals surface area contributed by atoms with Crippen molar-refractivity contribution in [2.24, 2.45) is 5.92 Å². The maximum atomic E-state index is 13.3. The molecule has 2 aromatic heterocycles. The summed E-state index contributed by atoms with van der Waals surface area (Å²) in [6.07, 6.45) is 5.07. The third-order valence-corrected chi connectivity index (χ3v) is 5.56. The minimum atomic E-state index is 0.0665. The Hall–Kier alpha value is -2.82. The van der Waals surface area contributed by atoms with Crippen LogP contribution in [0, 0.1) is 12.8 Å². The number of carbonyl (C=O) groups is 1. The lowest BCUT2D eigenvalue weighted by Crippen LogP contribution is -2.39. The van der Waals surface area contributed by atoms with E-state index in [1.807, 2.05) is 41.5 Å². The topological polar surface area (TPSA) is 46.8 Å². The minimum Gasteiger partial charge on any atom is -0.490 e. The third-order valence-electron chi connectivity index (χ3n) is 5.56. The van der Waals surface area contributed by atoms with Gasteiger partial charge < -0.3 is 9.64 Å². The summed E-state index contributed by atoms with van der Waals surface area (Å²) >= 11 is 0. The van der Waals surface area contributed by atoms with E-state index in [1.165, 1.54) is 5.56 Å². The fourth-order valence-electron chi connectivity index (χ4n) is 4.12. The Morgan fingerprint density at radius 3 is 2.61 bits per heavy atom. The molecule has 0 spiro atoms. The predicted molar refractivity (Wildman–Crippen MR) is 110 cm³/mol. The number of benzene rings is 1. The van der Waals surface area contributed by atoms with Gasteiger partial charge in [0, 0.05) is 19.3 Å². The van der Waals surface area contributed by atoms with Gasteiger partial charge in [-0.3, -0.25) is 9.20 Å². The molecule has 0 bridgehead atoms. The first-order valence-electron chi connectivity index (χ1n) is 10.1. The van der Waals surface area contributed by atoms with Gasteiger partial charge in [0.05, 0.1) is 12.3 Å². The SMILES string of the molecule is CCOc1cccn2c(C(=O)N3CCC(Cc4ccccc4)CC3)c(C)nc12. The van der Waals surface area contributed by atoms with Crippen LogP contribution in [-0.2, 0) is 6.42 Å². The zero-order chi connectivity index (χ0) is 19.5. The number of nitrogens with zero attached hydrogens (tertiary/aromatic N) is 3. The highest BCUT2D eigenvalue weighted by Gasteiger charge is 2.27. The van der Waals surface area contributed by atoms with E-state index >= 15 is 0 Å². The molecule has 5 heteroatoms. The van der Waals surface area contributed by atoms with Crippen molar-refractivity contribution in [3.8, 4) is 5.75 Å². The number of likely N-dealkylation sites (tertiary alicyclic amines) is 1. The number of carbonyl (C=O) groups excluding carboxylic acids is 1. The number of hydrogen-bond acceptors (Lipinski definition) is 3. The number of amides is 1. The molecule has 1 fully saturated rings. The molecule has 1 aliphatic heterocycles. The summed E-state index contributed by atoms with van der Waals surface area (Å²) in [5, 5.41) is 0. The highest BCUT2D eigenvalue weighted by atomic mass is 16.5. The van der Waals surface area contributed by atoms with Gasteiger partial charge in [-0.05, 0) is 56.7 Å². The molecule has 146 valence electrons. The van der Waals surface area contributed by atoms with E-state index in [-0.39, 0.29) is 5.91 Å². The summed E-state index contributed by atoms with van der Waals surface area (Å²) in [4.78, 5) is 19.8. The van der Waals surface area contributed by atoms with E-state index in [9.17, 15) is 4.79 Å². The summed E-state index contributed by atoms with van der Waals surface area (Å²) in [7, 11) is 0. The van der Waals surface area contributed by atoms with E-state index in [0.717, 1.165) is 38.0 Å². The van der Waals surface area contributed by atoms with Crippen LogP contribution in [0.25, 0.3) is 5.65 Å². The van der Waals surface area contributed by atoms with Crippen molar-refractivity contribution in [1.82, 2.24) is 14.3 Å². The average Bonchev–Trinajstić information content (AvgIpc) is 3.06. The summed E-state index contributed by atoms with van der Waals surface area (Å²) < 4.78 is 7.55. The largest absolute Gasteiger partial charge is 0.490 e. The molecule has 3 aromatic rings. The third kappa shape index (κ3) is 3.61. The van der Waals surface area contributed by atoms with Crippen molar-refractivity contribution >= 4 is 11.6 Å². The molecule has 0 aliphatic carbocycles. The number of fused-ring (bicyclic) bond motifs is 1. The fourth-order valence-corrected chi connectivity index (χ4v) is 4.12. The Balaban J connectivity index is 1.48. The molecular weight excluding hydrogens is 350 g/mol. The number of ether oxygens (including phenoxy) is 1. The number of pyridine rings is 1. The maximum absolute atomic E-state index is 13.3. The Morgan fingerprint density at radius 1 is 1.14 bits per heavy atom. The number of hydrogen-bond donors (Lipinski definition) is 0. The van der Waals surface area contributed by atoms with Gasteiger partial charge in [-0.2, -0.15) is 0 Å². The van der Waals surface area contributed by atoms with E-state index in [4.69, 9.17) is 4.74 Å². The van der Waals surface area contributed by atoms with Crippen LogP contribution in [0.5, 0.6) is 5.75 Å². The second-order valence-corrected chi connectivity index (χ2v) is 7.47. The molecule has 4 rings (SSSR count). The van der Waals surface area contributed by atoms with Crippen molar-refractivity contribution in [3.05, 3.63) is 65.6 Å². The number of aromatic nitrogens is 2. The van der Waals surface area contributed by atoms with E-state index < -0.39 is 0 Å². The molecular formula is C23H27N3O2. The first-order chi connectivity index (χ1) is 13.7. The van der Waals surface area contributed by atoms with Crippen LogP contribution in [0.4, 0.5) is 0 Å². The zero-order valence-electron chi connectivity index (χ0n) is 16.6. The van der Waals surface area contributed by atoms with Crippen molar-refractivity contribution in [2.75, 3.05) is 19.7 Å². The molecule has 1 aliphatic rings. The first kappa shape index (κ1) is 18.5. The molecule has 1 amide bonds. The Kier molecular flexibility index (Phi) is 5.33. The standard InChI is InChI=1S/C23H27N3O2/c1-3-28-20-10-7-13-26-21(17(2)24-22(20)26)23(27)25-14-11-19(12-15-25)16-18-8-5-4-6-9-18/h4-10,13,19H,3,11-12,14-16H2,1-2H3. The molecule has 5 nitrogen and oxygen atoms in total.